The van der Waals surface area contributed by atoms with Crippen LogP contribution in [0.4, 0.5) is 0 Å². The number of nitrogens with zero attached hydrogens (tertiary/aromatic N) is 2. The molecule has 1 atom stereocenters. The van der Waals surface area contributed by atoms with Gasteiger partial charge in [0.05, 0.1) is 19.8 Å². The molecule has 0 spiro atoms. The summed E-state index contributed by atoms with van der Waals surface area (Å²) in [5.74, 6) is 1.69. The monoisotopic (exact) mass is 278 g/mol. The molecule has 108 valence electrons. The fourth-order valence-corrected chi connectivity index (χ4v) is 1.94. The van der Waals surface area contributed by atoms with Gasteiger partial charge in [-0.25, -0.2) is 0 Å². The van der Waals surface area contributed by atoms with Crippen molar-refractivity contribution in [2.45, 2.75) is 25.9 Å². The number of methoxy groups -OCH3 is 2. The number of benzene rings is 1. The Kier molecular flexibility index (Phi) is 4.57. The van der Waals surface area contributed by atoms with Crippen molar-refractivity contribution < 1.29 is 19.1 Å². The molecule has 20 heavy (non-hydrogen) atoms. The zero-order chi connectivity index (χ0) is 14.5. The Bertz CT molecular complexity index is 568. The average Bonchev–Trinajstić information content (AvgIpc) is 2.96. The van der Waals surface area contributed by atoms with Crippen LogP contribution in [-0.4, -0.2) is 29.5 Å². The highest BCUT2D eigenvalue weighted by atomic mass is 16.5. The molecule has 1 unspecified atom stereocenters. The molecule has 1 heterocycles. The molecule has 2 aromatic rings. The lowest BCUT2D eigenvalue weighted by Crippen LogP contribution is -1.99. The first-order valence-corrected chi connectivity index (χ1v) is 6.44. The smallest absolute Gasteiger partial charge is 0.261 e. The first kappa shape index (κ1) is 14.3. The van der Waals surface area contributed by atoms with Crippen LogP contribution in [0.5, 0.6) is 11.5 Å². The van der Waals surface area contributed by atoms with Crippen LogP contribution in [0.1, 0.15) is 31.7 Å². The first-order valence-electron chi connectivity index (χ1n) is 6.44. The van der Waals surface area contributed by atoms with Gasteiger partial charge in [-0.1, -0.05) is 24.6 Å². The second kappa shape index (κ2) is 6.38. The maximum absolute atomic E-state index is 9.87. The molecular weight excluding hydrogens is 260 g/mol. The van der Waals surface area contributed by atoms with E-state index in [1.165, 1.54) is 0 Å². The Morgan fingerprint density at radius 2 is 2.10 bits per heavy atom. The maximum Gasteiger partial charge on any atom is 0.261 e. The second-order valence-electron chi connectivity index (χ2n) is 4.30. The highest BCUT2D eigenvalue weighted by Gasteiger charge is 2.20. The van der Waals surface area contributed by atoms with Crippen molar-refractivity contribution in [1.29, 1.82) is 0 Å². The molecule has 1 aromatic heterocycles. The Balaban J connectivity index is 2.37. The van der Waals surface area contributed by atoms with Crippen LogP contribution in [0.2, 0.25) is 0 Å². The van der Waals surface area contributed by atoms with E-state index in [4.69, 9.17) is 14.0 Å². The minimum atomic E-state index is -0.714. The van der Waals surface area contributed by atoms with Gasteiger partial charge in [0.2, 0.25) is 5.82 Å². The molecular formula is C14H18N2O4. The van der Waals surface area contributed by atoms with E-state index in [2.05, 4.69) is 10.1 Å². The molecule has 0 radical (unpaired) electrons. The molecule has 0 aliphatic carbocycles. The van der Waals surface area contributed by atoms with E-state index < -0.39 is 6.10 Å². The minimum absolute atomic E-state index is 0.284. The Morgan fingerprint density at radius 3 is 2.75 bits per heavy atom. The molecule has 0 aliphatic rings. The zero-order valence-corrected chi connectivity index (χ0v) is 11.8. The Hall–Kier alpha value is -2.08. The quantitative estimate of drug-likeness (QED) is 0.875. The highest BCUT2D eigenvalue weighted by molar-refractivity contribution is 5.67. The number of aliphatic hydroxyl groups is 1. The lowest BCUT2D eigenvalue weighted by molar-refractivity contribution is 0.153. The molecule has 2 rings (SSSR count). The molecule has 0 fully saturated rings. The summed E-state index contributed by atoms with van der Waals surface area (Å²) in [6, 6.07) is 5.39. The van der Waals surface area contributed by atoms with Gasteiger partial charge in [0.25, 0.3) is 5.89 Å². The van der Waals surface area contributed by atoms with Crippen LogP contribution in [0.3, 0.4) is 0 Å². The number of rotatable bonds is 6. The number of hydrogen-bond acceptors (Lipinski definition) is 6. The van der Waals surface area contributed by atoms with Crippen LogP contribution >= 0.6 is 0 Å². The van der Waals surface area contributed by atoms with Crippen LogP contribution in [0.15, 0.2) is 22.7 Å². The van der Waals surface area contributed by atoms with E-state index in [1.807, 2.05) is 13.0 Å². The Labute approximate surface area is 117 Å². The second-order valence-corrected chi connectivity index (χ2v) is 4.30. The van der Waals surface area contributed by atoms with Gasteiger partial charge >= 0.3 is 0 Å². The maximum atomic E-state index is 9.87. The summed E-state index contributed by atoms with van der Waals surface area (Å²) < 4.78 is 15.8. The standard InChI is InChI=1S/C14H18N2O4/c1-4-6-10(17)13-15-14(20-16-13)9-7-5-8-11(18-2)12(9)19-3/h5,7-8,10,17H,4,6H2,1-3H3. The van der Waals surface area contributed by atoms with Gasteiger partial charge in [-0.3, -0.25) is 0 Å². The van der Waals surface area contributed by atoms with Crippen LogP contribution in [0, 0.1) is 0 Å². The van der Waals surface area contributed by atoms with E-state index in [0.29, 0.717) is 29.4 Å². The van der Waals surface area contributed by atoms with Gasteiger partial charge in [0, 0.05) is 0 Å². The third-order valence-corrected chi connectivity index (χ3v) is 2.94. The SMILES string of the molecule is CCCC(O)c1noc(-c2cccc(OC)c2OC)n1. The fraction of sp³-hybridized carbons (Fsp3) is 0.429. The van der Waals surface area contributed by atoms with Crippen molar-refractivity contribution in [1.82, 2.24) is 10.1 Å². The Morgan fingerprint density at radius 1 is 1.30 bits per heavy atom. The fourth-order valence-electron chi connectivity index (χ4n) is 1.94. The van der Waals surface area contributed by atoms with Crippen molar-refractivity contribution in [3.8, 4) is 23.0 Å². The third-order valence-electron chi connectivity index (χ3n) is 2.94. The van der Waals surface area contributed by atoms with Crippen molar-refractivity contribution >= 4 is 0 Å². The lowest BCUT2D eigenvalue weighted by atomic mass is 10.1. The van der Waals surface area contributed by atoms with Gasteiger partial charge in [0.1, 0.15) is 6.10 Å². The number of ether oxygens (including phenoxy) is 2. The summed E-state index contributed by atoms with van der Waals surface area (Å²) >= 11 is 0. The van der Waals surface area contributed by atoms with Gasteiger partial charge in [-0.15, -0.1) is 0 Å². The first-order chi connectivity index (χ1) is 9.71. The predicted octanol–water partition coefficient (Wildman–Crippen LogP) is 2.59. The largest absolute Gasteiger partial charge is 0.493 e. The van der Waals surface area contributed by atoms with Crippen LogP contribution in [0.25, 0.3) is 11.5 Å². The van der Waals surface area contributed by atoms with Gasteiger partial charge in [-0.05, 0) is 18.6 Å². The predicted molar refractivity (Wildman–Crippen MR) is 72.7 cm³/mol. The van der Waals surface area contributed by atoms with Gasteiger partial charge in [0.15, 0.2) is 11.5 Å². The molecule has 6 heteroatoms. The summed E-state index contributed by atoms with van der Waals surface area (Å²) in [5.41, 5.74) is 0.634. The van der Waals surface area contributed by atoms with E-state index in [0.717, 1.165) is 6.42 Å². The number of aliphatic hydroxyl groups excluding tert-OH is 1. The van der Waals surface area contributed by atoms with Crippen LogP contribution in [-0.2, 0) is 0 Å². The number of aromatic nitrogens is 2. The van der Waals surface area contributed by atoms with E-state index in [9.17, 15) is 5.11 Å². The van der Waals surface area contributed by atoms with Crippen molar-refractivity contribution in [3.63, 3.8) is 0 Å². The van der Waals surface area contributed by atoms with E-state index in [1.54, 1.807) is 26.4 Å². The summed E-state index contributed by atoms with van der Waals surface area (Å²) in [6.07, 6.45) is 0.718. The van der Waals surface area contributed by atoms with Crippen LogP contribution < -0.4 is 9.47 Å². The summed E-state index contributed by atoms with van der Waals surface area (Å²) in [4.78, 5) is 4.22. The molecule has 0 saturated heterocycles. The van der Waals surface area contributed by atoms with E-state index >= 15 is 0 Å². The van der Waals surface area contributed by atoms with Crippen molar-refractivity contribution in [2.24, 2.45) is 0 Å². The van der Waals surface area contributed by atoms with Gasteiger partial charge in [-0.2, -0.15) is 4.98 Å². The molecule has 0 saturated carbocycles. The highest BCUT2D eigenvalue weighted by Crippen LogP contribution is 2.37. The average molecular weight is 278 g/mol. The van der Waals surface area contributed by atoms with Crippen molar-refractivity contribution in [3.05, 3.63) is 24.0 Å². The topological polar surface area (TPSA) is 77.6 Å². The number of para-hydroxylation sites is 1. The molecule has 6 nitrogen and oxygen atoms in total. The molecule has 0 bridgehead atoms. The van der Waals surface area contributed by atoms with Gasteiger partial charge < -0.3 is 19.1 Å². The summed E-state index contributed by atoms with van der Waals surface area (Å²) in [6.45, 7) is 1.98. The molecule has 0 amide bonds. The molecule has 1 N–H and O–H groups in total. The molecule has 1 aromatic carbocycles. The van der Waals surface area contributed by atoms with Crippen molar-refractivity contribution in [2.75, 3.05) is 14.2 Å². The third kappa shape index (κ3) is 2.75. The zero-order valence-electron chi connectivity index (χ0n) is 11.8. The number of hydrogen-bond donors (Lipinski definition) is 1. The summed E-state index contributed by atoms with van der Waals surface area (Å²) in [7, 11) is 3.11. The summed E-state index contributed by atoms with van der Waals surface area (Å²) in [5, 5.41) is 13.7. The molecule has 0 aliphatic heterocycles. The normalized spacial score (nSPS) is 12.2. The minimum Gasteiger partial charge on any atom is -0.493 e. The van der Waals surface area contributed by atoms with E-state index in [-0.39, 0.29) is 5.82 Å². The lowest BCUT2D eigenvalue weighted by Gasteiger charge is -2.09.